The van der Waals surface area contributed by atoms with Crippen molar-refractivity contribution in [3.63, 3.8) is 0 Å². The zero-order valence-electron chi connectivity index (χ0n) is 17.4. The van der Waals surface area contributed by atoms with Crippen LogP contribution in [-0.4, -0.2) is 33.5 Å². The maximum atomic E-state index is 12.6. The summed E-state index contributed by atoms with van der Waals surface area (Å²) in [4.78, 5) is 16.5. The van der Waals surface area contributed by atoms with Gasteiger partial charge >= 0.3 is 11.5 Å². The van der Waals surface area contributed by atoms with Crippen LogP contribution in [0.2, 0.25) is 0 Å². The van der Waals surface area contributed by atoms with Crippen LogP contribution in [0, 0.1) is 13.8 Å². The number of halogens is 3. The van der Waals surface area contributed by atoms with Crippen molar-refractivity contribution in [3.8, 4) is 5.69 Å². The number of carbonyl (C=O) groups excluding carboxylic acids is 1. The number of nitrogens with zero attached hydrogens (tertiary/aromatic N) is 2. The third-order valence-electron chi connectivity index (χ3n) is 4.70. The lowest BCUT2D eigenvalue weighted by atomic mass is 10.1. The average molecular weight is 450 g/mol. The van der Waals surface area contributed by atoms with Crippen LogP contribution in [0.3, 0.4) is 0 Å². The van der Waals surface area contributed by atoms with Crippen molar-refractivity contribution in [3.05, 3.63) is 64.3 Å². The lowest BCUT2D eigenvalue weighted by molar-refractivity contribution is -0.138. The Labute approximate surface area is 181 Å². The number of aliphatic hydroxyl groups is 1. The highest BCUT2D eigenvalue weighted by atomic mass is 32.2. The summed E-state index contributed by atoms with van der Waals surface area (Å²) in [7, 11) is 0. The van der Waals surface area contributed by atoms with Crippen LogP contribution in [0.4, 0.5) is 13.2 Å². The van der Waals surface area contributed by atoms with Gasteiger partial charge in [-0.2, -0.15) is 13.2 Å². The molecule has 1 aromatic carbocycles. The summed E-state index contributed by atoms with van der Waals surface area (Å²) in [5.74, 6) is -0.874. The van der Waals surface area contributed by atoms with Gasteiger partial charge in [-0.25, -0.2) is 9.79 Å². The van der Waals surface area contributed by atoms with E-state index in [-0.39, 0.29) is 40.3 Å². The van der Waals surface area contributed by atoms with Crippen LogP contribution in [0.15, 0.2) is 57.2 Å². The molecule has 164 valence electrons. The number of aromatic nitrogens is 1. The van der Waals surface area contributed by atoms with Gasteiger partial charge in [-0.05, 0) is 81.4 Å². The molecule has 0 saturated heterocycles. The maximum absolute atomic E-state index is 12.6. The Morgan fingerprint density at radius 2 is 1.87 bits per heavy atom. The predicted octanol–water partition coefficient (Wildman–Crippen LogP) is 5.90. The molecule has 0 saturated carbocycles. The molecule has 3 rings (SSSR count). The molecule has 0 atom stereocenters. The summed E-state index contributed by atoms with van der Waals surface area (Å²) in [6.07, 6.45) is 1.66. The molecule has 0 fully saturated rings. The zero-order chi connectivity index (χ0) is 22.9. The van der Waals surface area contributed by atoms with Crippen LogP contribution < -0.4 is 0 Å². The van der Waals surface area contributed by atoms with E-state index in [1.54, 1.807) is 32.1 Å². The Hall–Kier alpha value is -2.94. The fourth-order valence-corrected chi connectivity index (χ4v) is 3.95. The van der Waals surface area contributed by atoms with Crippen LogP contribution in [0.5, 0.6) is 0 Å². The Bertz CT molecular complexity index is 1110. The first-order valence-electron chi connectivity index (χ1n) is 9.45. The molecule has 1 aliphatic rings. The first-order chi connectivity index (χ1) is 14.5. The minimum absolute atomic E-state index is 0.0414. The van der Waals surface area contributed by atoms with Gasteiger partial charge in [-0.15, -0.1) is 0 Å². The molecule has 0 spiro atoms. The van der Waals surface area contributed by atoms with Gasteiger partial charge < -0.3 is 14.4 Å². The summed E-state index contributed by atoms with van der Waals surface area (Å²) in [5, 5.41) is 10.5. The van der Waals surface area contributed by atoms with Crippen LogP contribution in [0.1, 0.15) is 30.8 Å². The van der Waals surface area contributed by atoms with E-state index >= 15 is 0 Å². The van der Waals surface area contributed by atoms with Gasteiger partial charge in [0.05, 0.1) is 12.3 Å². The van der Waals surface area contributed by atoms with E-state index in [9.17, 15) is 23.1 Å². The average Bonchev–Trinajstić information content (AvgIpc) is 3.10. The van der Waals surface area contributed by atoms with Gasteiger partial charge in [0.1, 0.15) is 11.3 Å². The third-order valence-corrected chi connectivity index (χ3v) is 5.44. The van der Waals surface area contributed by atoms with Crippen molar-refractivity contribution in [2.24, 2.45) is 4.99 Å². The summed E-state index contributed by atoms with van der Waals surface area (Å²) in [6, 6.07) is 7.98. The number of rotatable bonds is 5. The van der Waals surface area contributed by atoms with Gasteiger partial charge in [0.2, 0.25) is 0 Å². The predicted molar refractivity (Wildman–Crippen MR) is 115 cm³/mol. The van der Waals surface area contributed by atoms with Crippen molar-refractivity contribution in [2.45, 2.75) is 38.1 Å². The van der Waals surface area contributed by atoms with E-state index in [1.165, 1.54) is 12.1 Å². The molecule has 0 aliphatic carbocycles. The number of ether oxygens (including phenoxy) is 1. The Kier molecular flexibility index (Phi) is 6.35. The van der Waals surface area contributed by atoms with Gasteiger partial charge in [-0.3, -0.25) is 0 Å². The van der Waals surface area contributed by atoms with Crippen LogP contribution in [0.25, 0.3) is 11.8 Å². The quantitative estimate of drug-likeness (QED) is 0.455. The van der Waals surface area contributed by atoms with Crippen molar-refractivity contribution in [2.75, 3.05) is 6.61 Å². The molecule has 5 nitrogen and oxygen atoms in total. The molecule has 9 heteroatoms. The molecule has 1 aliphatic heterocycles. The summed E-state index contributed by atoms with van der Waals surface area (Å²) >= 11 is -0.158. The molecule has 0 bridgehead atoms. The summed E-state index contributed by atoms with van der Waals surface area (Å²) in [6.45, 7) is 7.21. The van der Waals surface area contributed by atoms with Crippen LogP contribution in [-0.2, 0) is 9.53 Å². The molecular weight excluding hydrogens is 429 g/mol. The fourth-order valence-electron chi connectivity index (χ4n) is 3.41. The Morgan fingerprint density at radius 1 is 1.23 bits per heavy atom. The number of benzene rings is 1. The fraction of sp³-hybridized carbons (Fsp3) is 0.273. The Balaban J connectivity index is 1.95. The second-order valence-corrected chi connectivity index (χ2v) is 8.01. The molecular formula is C22H21F3N2O3S. The van der Waals surface area contributed by atoms with Crippen molar-refractivity contribution in [1.29, 1.82) is 0 Å². The number of hydrogen-bond acceptors (Lipinski definition) is 5. The van der Waals surface area contributed by atoms with E-state index in [0.29, 0.717) is 11.4 Å². The molecule has 1 aromatic heterocycles. The minimum Gasteiger partial charge on any atom is -0.505 e. The summed E-state index contributed by atoms with van der Waals surface area (Å²) < 4.78 is 44.5. The molecule has 31 heavy (non-hydrogen) atoms. The molecule has 0 unspecified atom stereocenters. The van der Waals surface area contributed by atoms with E-state index in [1.807, 2.05) is 24.5 Å². The molecule has 2 heterocycles. The number of thioether (sulfide) groups is 1. The van der Waals surface area contributed by atoms with Gasteiger partial charge in [-0.1, -0.05) is 0 Å². The maximum Gasteiger partial charge on any atom is 0.446 e. The van der Waals surface area contributed by atoms with Crippen molar-refractivity contribution in [1.82, 2.24) is 4.57 Å². The second kappa shape index (κ2) is 8.66. The van der Waals surface area contributed by atoms with Gasteiger partial charge in [0, 0.05) is 22.0 Å². The highest BCUT2D eigenvalue weighted by molar-refractivity contribution is 8.00. The second-order valence-electron chi connectivity index (χ2n) is 6.87. The standard InChI is InChI=1S/C22H21F3N2O3S/c1-5-30-21(29)19-13(3)26-18(20(19)28)11-15-10-12(2)27(14(15)4)16-6-8-17(9-7-16)31-22(23,24)25/h6-11,28H,5H2,1-4H3/b18-11+. The smallest absolute Gasteiger partial charge is 0.446 e. The first-order valence-corrected chi connectivity index (χ1v) is 10.3. The molecule has 0 radical (unpaired) electrons. The number of aliphatic hydroxyl groups excluding tert-OH is 1. The SMILES string of the molecule is CCOC(=O)C1=C(O)/C(=C\c2cc(C)n(-c3ccc(SC(F)(F)F)cc3)c2C)N=C1C. The number of carbonyl (C=O) groups is 1. The van der Waals surface area contributed by atoms with Crippen molar-refractivity contribution >= 4 is 29.5 Å². The van der Waals surface area contributed by atoms with Crippen LogP contribution >= 0.6 is 11.8 Å². The topological polar surface area (TPSA) is 63.8 Å². The zero-order valence-corrected chi connectivity index (χ0v) is 18.2. The van der Waals surface area contributed by atoms with Gasteiger partial charge in [0.15, 0.2) is 5.76 Å². The number of aliphatic imine (C=N–C) groups is 1. The molecule has 2 aromatic rings. The number of hydrogen-bond donors (Lipinski definition) is 1. The lowest BCUT2D eigenvalue weighted by Crippen LogP contribution is -2.13. The van der Waals surface area contributed by atoms with E-state index in [4.69, 9.17) is 4.74 Å². The molecule has 1 N–H and O–H groups in total. The normalized spacial score (nSPS) is 15.6. The first kappa shape index (κ1) is 22.7. The Morgan fingerprint density at radius 3 is 2.45 bits per heavy atom. The summed E-state index contributed by atoms with van der Waals surface area (Å²) in [5.41, 5.74) is -0.539. The lowest BCUT2D eigenvalue weighted by Gasteiger charge is -2.11. The monoisotopic (exact) mass is 450 g/mol. The van der Waals surface area contributed by atoms with E-state index in [0.717, 1.165) is 17.0 Å². The number of esters is 1. The highest BCUT2D eigenvalue weighted by Gasteiger charge is 2.29. The minimum atomic E-state index is -4.34. The van der Waals surface area contributed by atoms with Gasteiger partial charge in [0.25, 0.3) is 0 Å². The molecule has 0 amide bonds. The van der Waals surface area contributed by atoms with E-state index < -0.39 is 11.5 Å². The van der Waals surface area contributed by atoms with E-state index in [2.05, 4.69) is 4.99 Å². The largest absolute Gasteiger partial charge is 0.505 e. The third kappa shape index (κ3) is 4.87. The number of alkyl halides is 3. The number of aryl methyl sites for hydroxylation is 1. The highest BCUT2D eigenvalue weighted by Crippen LogP contribution is 2.37. The van der Waals surface area contributed by atoms with Crippen molar-refractivity contribution < 1.29 is 27.8 Å².